The quantitative estimate of drug-likeness (QED) is 0.169. The first-order chi connectivity index (χ1) is 29.5. The number of hydrogen-bond acceptors (Lipinski definition) is 0. The molecule has 0 N–H and O–H groups in total. The Morgan fingerprint density at radius 1 is 0.283 bits per heavy atom. The molecule has 0 saturated heterocycles. The summed E-state index contributed by atoms with van der Waals surface area (Å²) in [6.45, 7) is 9.24. The van der Waals surface area contributed by atoms with E-state index < -0.39 is 0 Å². The minimum Gasteiger partial charge on any atom is -0.309 e. The van der Waals surface area contributed by atoms with E-state index in [0.29, 0.717) is 0 Å². The molecule has 12 rings (SSSR count). The molecular formula is C58H42N2. The summed E-state index contributed by atoms with van der Waals surface area (Å²) in [6, 6.07) is 67.6. The summed E-state index contributed by atoms with van der Waals surface area (Å²) in [7, 11) is 0. The maximum Gasteiger partial charge on any atom is 0.0575 e. The van der Waals surface area contributed by atoms with Crippen LogP contribution >= 0.6 is 0 Å². The Hall–Kier alpha value is -7.42. The van der Waals surface area contributed by atoms with Crippen LogP contribution in [0.3, 0.4) is 0 Å². The van der Waals surface area contributed by atoms with Gasteiger partial charge in [0.25, 0.3) is 0 Å². The van der Waals surface area contributed by atoms with Gasteiger partial charge in [0.2, 0.25) is 0 Å². The van der Waals surface area contributed by atoms with Gasteiger partial charge in [-0.3, -0.25) is 0 Å². The molecule has 2 nitrogen and oxygen atoms in total. The molecule has 0 aliphatic heterocycles. The minimum absolute atomic E-state index is 1.17. The number of para-hydroxylation sites is 3. The third-order valence-electron chi connectivity index (χ3n) is 13.6. The van der Waals surface area contributed by atoms with Crippen molar-refractivity contribution in [2.24, 2.45) is 0 Å². The Labute approximate surface area is 350 Å². The lowest BCUT2D eigenvalue weighted by atomic mass is 9.79. The molecule has 0 spiro atoms. The van der Waals surface area contributed by atoms with E-state index in [4.69, 9.17) is 0 Å². The average molecular weight is 767 g/mol. The maximum absolute atomic E-state index is 2.56. The molecule has 0 unspecified atom stereocenters. The van der Waals surface area contributed by atoms with E-state index in [1.807, 2.05) is 0 Å². The van der Waals surface area contributed by atoms with Gasteiger partial charge in [0.05, 0.1) is 27.8 Å². The van der Waals surface area contributed by atoms with Gasteiger partial charge in [-0.2, -0.15) is 0 Å². The molecule has 2 aromatic heterocycles. The fraction of sp³-hybridized carbons (Fsp3) is 0.0690. The van der Waals surface area contributed by atoms with Gasteiger partial charge in [-0.15, -0.1) is 0 Å². The average Bonchev–Trinajstić information content (AvgIpc) is 3.81. The molecule has 1 aliphatic rings. The molecule has 0 fully saturated rings. The van der Waals surface area contributed by atoms with Gasteiger partial charge in [0, 0.05) is 32.8 Å². The Morgan fingerprint density at radius 3 is 1.22 bits per heavy atom. The molecule has 2 heteroatoms. The largest absolute Gasteiger partial charge is 0.309 e. The second kappa shape index (κ2) is 13.0. The van der Waals surface area contributed by atoms with Crippen LogP contribution in [0.4, 0.5) is 0 Å². The van der Waals surface area contributed by atoms with Crippen molar-refractivity contribution in [2.75, 3.05) is 0 Å². The van der Waals surface area contributed by atoms with Gasteiger partial charge < -0.3 is 9.13 Å². The topological polar surface area (TPSA) is 9.86 Å². The first kappa shape index (κ1) is 34.6. The second-order valence-corrected chi connectivity index (χ2v) is 16.5. The highest BCUT2D eigenvalue weighted by molar-refractivity contribution is 6.13. The van der Waals surface area contributed by atoms with E-state index in [-0.39, 0.29) is 0 Å². The van der Waals surface area contributed by atoms with Gasteiger partial charge in [0.15, 0.2) is 0 Å². The third-order valence-corrected chi connectivity index (χ3v) is 13.6. The fourth-order valence-electron chi connectivity index (χ4n) is 10.5. The lowest BCUT2D eigenvalue weighted by molar-refractivity contribution is 1.10. The molecule has 0 saturated carbocycles. The van der Waals surface area contributed by atoms with E-state index in [1.54, 1.807) is 0 Å². The lowest BCUT2D eigenvalue weighted by Crippen LogP contribution is -2.07. The molecule has 9 aromatic carbocycles. The van der Waals surface area contributed by atoms with E-state index >= 15 is 0 Å². The number of hydrogen-bond donors (Lipinski definition) is 0. The van der Waals surface area contributed by atoms with Crippen molar-refractivity contribution in [3.05, 3.63) is 204 Å². The molecule has 2 heterocycles. The summed E-state index contributed by atoms with van der Waals surface area (Å²) in [6.07, 6.45) is 0. The Morgan fingerprint density at radius 2 is 0.683 bits per heavy atom. The molecule has 0 amide bonds. The number of benzene rings is 9. The maximum atomic E-state index is 2.56. The second-order valence-electron chi connectivity index (χ2n) is 16.5. The van der Waals surface area contributed by atoms with Crippen LogP contribution < -0.4 is 0 Å². The lowest BCUT2D eigenvalue weighted by Gasteiger charge is -2.26. The molecule has 0 radical (unpaired) electrons. The molecule has 284 valence electrons. The molecule has 0 atom stereocenters. The van der Waals surface area contributed by atoms with Crippen LogP contribution in [0.1, 0.15) is 22.3 Å². The van der Waals surface area contributed by atoms with Crippen molar-refractivity contribution in [2.45, 2.75) is 27.7 Å². The monoisotopic (exact) mass is 766 g/mol. The normalized spacial score (nSPS) is 12.0. The first-order valence-electron chi connectivity index (χ1n) is 21.0. The van der Waals surface area contributed by atoms with Crippen LogP contribution in [0.2, 0.25) is 0 Å². The standard InChI is InChI=1S/C58H42N2/c1-35-36(2)38(4)58(60-55-28-16-13-25-50(55)52-34-40(30-32-56(52)60)59-53-26-14-11-23-48(53)49-24-12-15-27-54(49)59)57(37(35)3)39-29-31-47-45-21-8-7-19-43(45)41-17-5-6-18-42(41)44-20-9-10-22-46(44)51(47)33-39/h5-34H,1-4H3. The zero-order valence-corrected chi connectivity index (χ0v) is 34.2. The Kier molecular flexibility index (Phi) is 7.52. The summed E-state index contributed by atoms with van der Waals surface area (Å²) in [5.41, 5.74) is 25.1. The van der Waals surface area contributed by atoms with Crippen molar-refractivity contribution in [1.82, 2.24) is 9.13 Å². The van der Waals surface area contributed by atoms with Gasteiger partial charge >= 0.3 is 0 Å². The van der Waals surface area contributed by atoms with E-state index in [9.17, 15) is 0 Å². The van der Waals surface area contributed by atoms with Crippen LogP contribution in [0.25, 0.3) is 111 Å². The number of fused-ring (bicyclic) bond motifs is 14. The molecule has 1 aliphatic carbocycles. The number of rotatable bonds is 3. The van der Waals surface area contributed by atoms with Gasteiger partial charge in [0.1, 0.15) is 0 Å². The SMILES string of the molecule is Cc1c(C)c(C)c(-n2c3ccccc3c3cc(-n4c5ccccc5c5ccccc54)ccc32)c(-c2ccc3c(c2)-c2ccccc2-c2ccccc2-c2ccccc2-3)c1C. The van der Waals surface area contributed by atoms with E-state index in [2.05, 4.69) is 219 Å². The highest BCUT2D eigenvalue weighted by atomic mass is 15.0. The summed E-state index contributed by atoms with van der Waals surface area (Å²) < 4.78 is 4.99. The zero-order chi connectivity index (χ0) is 40.2. The van der Waals surface area contributed by atoms with Crippen molar-refractivity contribution >= 4 is 43.6 Å². The van der Waals surface area contributed by atoms with Crippen LogP contribution in [0.5, 0.6) is 0 Å². The summed E-state index contributed by atoms with van der Waals surface area (Å²) in [4.78, 5) is 0. The summed E-state index contributed by atoms with van der Waals surface area (Å²) in [5, 5.41) is 5.04. The van der Waals surface area contributed by atoms with Gasteiger partial charge in [-0.1, -0.05) is 140 Å². The predicted octanol–water partition coefficient (Wildman–Crippen LogP) is 15.8. The Balaban J connectivity index is 1.14. The molecule has 60 heavy (non-hydrogen) atoms. The first-order valence-corrected chi connectivity index (χ1v) is 21.0. The third kappa shape index (κ3) is 4.82. The Bertz CT molecular complexity index is 3530. The van der Waals surface area contributed by atoms with E-state index in [0.717, 1.165) is 0 Å². The highest BCUT2D eigenvalue weighted by Gasteiger charge is 2.26. The van der Waals surface area contributed by atoms with Crippen LogP contribution in [-0.4, -0.2) is 9.13 Å². The molecular weight excluding hydrogens is 725 g/mol. The van der Waals surface area contributed by atoms with Crippen molar-refractivity contribution in [3.8, 4) is 67.0 Å². The van der Waals surface area contributed by atoms with Crippen LogP contribution in [-0.2, 0) is 0 Å². The van der Waals surface area contributed by atoms with Crippen molar-refractivity contribution < 1.29 is 0 Å². The van der Waals surface area contributed by atoms with Crippen molar-refractivity contribution in [3.63, 3.8) is 0 Å². The van der Waals surface area contributed by atoms with E-state index in [1.165, 1.54) is 133 Å². The zero-order valence-electron chi connectivity index (χ0n) is 34.2. The molecule has 0 bridgehead atoms. The van der Waals surface area contributed by atoms with Gasteiger partial charge in [-0.25, -0.2) is 0 Å². The van der Waals surface area contributed by atoms with Crippen LogP contribution in [0, 0.1) is 27.7 Å². The number of aromatic nitrogens is 2. The number of nitrogens with zero attached hydrogens (tertiary/aromatic N) is 2. The predicted molar refractivity (Wildman–Crippen MR) is 255 cm³/mol. The molecule has 11 aromatic rings. The summed E-state index contributed by atoms with van der Waals surface area (Å²) in [5.74, 6) is 0. The van der Waals surface area contributed by atoms with Crippen LogP contribution in [0.15, 0.2) is 182 Å². The summed E-state index contributed by atoms with van der Waals surface area (Å²) >= 11 is 0. The van der Waals surface area contributed by atoms with Crippen molar-refractivity contribution in [1.29, 1.82) is 0 Å². The smallest absolute Gasteiger partial charge is 0.0575 e. The highest BCUT2D eigenvalue weighted by Crippen LogP contribution is 2.50. The minimum atomic E-state index is 1.17. The van der Waals surface area contributed by atoms with Gasteiger partial charge in [-0.05, 0) is 142 Å². The fourth-order valence-corrected chi connectivity index (χ4v) is 10.5.